The van der Waals surface area contributed by atoms with Crippen molar-refractivity contribution < 1.29 is 4.79 Å². The van der Waals surface area contributed by atoms with Gasteiger partial charge in [-0.05, 0) is 50.3 Å². The quantitative estimate of drug-likeness (QED) is 0.810. The van der Waals surface area contributed by atoms with Crippen molar-refractivity contribution in [3.05, 3.63) is 59.8 Å². The van der Waals surface area contributed by atoms with Gasteiger partial charge in [-0.15, -0.1) is 0 Å². The molecule has 0 spiro atoms. The number of hydrogen-bond acceptors (Lipinski definition) is 3. The monoisotopic (exact) mass is 366 g/mol. The Labute approximate surface area is 162 Å². The highest BCUT2D eigenvalue weighted by Crippen LogP contribution is 2.21. The molecule has 1 fully saturated rings. The van der Waals surface area contributed by atoms with Crippen LogP contribution in [0.5, 0.6) is 0 Å². The minimum absolute atomic E-state index is 0.0289. The molecular weight excluding hydrogens is 336 g/mol. The van der Waals surface area contributed by atoms with Gasteiger partial charge in [0.2, 0.25) is 0 Å². The lowest BCUT2D eigenvalue weighted by molar-refractivity contribution is 0.192. The summed E-state index contributed by atoms with van der Waals surface area (Å²) in [6.45, 7) is 7.48. The third-order valence-electron chi connectivity index (χ3n) is 5.29. The highest BCUT2D eigenvalue weighted by molar-refractivity contribution is 5.74. The minimum atomic E-state index is 0.0289. The zero-order valence-corrected chi connectivity index (χ0v) is 16.4. The van der Waals surface area contributed by atoms with Crippen molar-refractivity contribution in [3.63, 3.8) is 0 Å². The van der Waals surface area contributed by atoms with Gasteiger partial charge >= 0.3 is 6.03 Å². The van der Waals surface area contributed by atoms with Gasteiger partial charge < -0.3 is 15.1 Å². The summed E-state index contributed by atoms with van der Waals surface area (Å²) in [5.41, 5.74) is 2.32. The number of hydrogen-bond donors (Lipinski definition) is 1. The first-order valence-corrected chi connectivity index (χ1v) is 9.99. The topological polar surface area (TPSA) is 48.5 Å². The van der Waals surface area contributed by atoms with Gasteiger partial charge in [0.05, 0.1) is 0 Å². The number of carbonyl (C=O) groups excluding carboxylic acids is 1. The molecule has 2 heterocycles. The van der Waals surface area contributed by atoms with Gasteiger partial charge in [0, 0.05) is 38.4 Å². The number of pyridine rings is 1. The fraction of sp³-hybridized carbons (Fsp3) is 0.455. The van der Waals surface area contributed by atoms with E-state index in [0.717, 1.165) is 50.3 Å². The van der Waals surface area contributed by atoms with Crippen LogP contribution in [0, 0.1) is 0 Å². The summed E-state index contributed by atoms with van der Waals surface area (Å²) in [5, 5.41) is 3.07. The van der Waals surface area contributed by atoms with Crippen LogP contribution in [0.4, 0.5) is 10.6 Å². The number of benzene rings is 1. The molecule has 1 atom stereocenters. The van der Waals surface area contributed by atoms with Crippen LogP contribution in [0.25, 0.3) is 0 Å². The van der Waals surface area contributed by atoms with Crippen LogP contribution in [-0.4, -0.2) is 41.6 Å². The SMILES string of the molecule is CCN(CC)c1ccc(CNC(=O)N2CCC[C@@H]2Cc2ccccc2)cn1. The normalized spacial score (nSPS) is 16.4. The molecule has 1 saturated heterocycles. The number of carbonyl (C=O) groups is 1. The molecule has 3 rings (SSSR count). The summed E-state index contributed by atoms with van der Waals surface area (Å²) in [7, 11) is 0. The predicted molar refractivity (Wildman–Crippen MR) is 110 cm³/mol. The lowest BCUT2D eigenvalue weighted by Gasteiger charge is -2.25. The number of likely N-dealkylation sites (tertiary alicyclic amines) is 1. The van der Waals surface area contributed by atoms with Crippen molar-refractivity contribution in [1.29, 1.82) is 0 Å². The van der Waals surface area contributed by atoms with Crippen molar-refractivity contribution in [1.82, 2.24) is 15.2 Å². The third kappa shape index (κ3) is 5.00. The Morgan fingerprint density at radius 2 is 1.93 bits per heavy atom. The summed E-state index contributed by atoms with van der Waals surface area (Å²) in [5.74, 6) is 0.984. The number of nitrogens with zero attached hydrogens (tertiary/aromatic N) is 3. The molecule has 2 amide bonds. The number of aromatic nitrogens is 1. The van der Waals surface area contributed by atoms with Gasteiger partial charge in [-0.2, -0.15) is 0 Å². The molecule has 1 aromatic carbocycles. The largest absolute Gasteiger partial charge is 0.357 e. The van der Waals surface area contributed by atoms with Gasteiger partial charge in [-0.1, -0.05) is 36.4 Å². The van der Waals surface area contributed by atoms with Crippen molar-refractivity contribution in [2.24, 2.45) is 0 Å². The van der Waals surface area contributed by atoms with Crippen LogP contribution >= 0.6 is 0 Å². The number of rotatable bonds is 7. The molecule has 1 aliphatic heterocycles. The highest BCUT2D eigenvalue weighted by atomic mass is 16.2. The molecule has 5 heteroatoms. The Morgan fingerprint density at radius 1 is 1.15 bits per heavy atom. The van der Waals surface area contributed by atoms with Crippen molar-refractivity contribution in [2.45, 2.75) is 45.7 Å². The highest BCUT2D eigenvalue weighted by Gasteiger charge is 2.28. The van der Waals surface area contributed by atoms with E-state index in [0.29, 0.717) is 6.54 Å². The molecule has 2 aromatic rings. The van der Waals surface area contributed by atoms with Gasteiger partial charge in [-0.25, -0.2) is 9.78 Å². The van der Waals surface area contributed by atoms with E-state index in [2.05, 4.69) is 53.3 Å². The minimum Gasteiger partial charge on any atom is -0.357 e. The lowest BCUT2D eigenvalue weighted by Crippen LogP contribution is -2.43. The number of urea groups is 1. The maximum atomic E-state index is 12.7. The first-order valence-electron chi connectivity index (χ1n) is 9.99. The second-order valence-electron chi connectivity index (χ2n) is 7.03. The summed E-state index contributed by atoms with van der Waals surface area (Å²) < 4.78 is 0. The zero-order valence-electron chi connectivity index (χ0n) is 16.4. The second-order valence-corrected chi connectivity index (χ2v) is 7.03. The average molecular weight is 367 g/mol. The zero-order chi connectivity index (χ0) is 19.1. The summed E-state index contributed by atoms with van der Waals surface area (Å²) in [4.78, 5) is 21.4. The number of amides is 2. The van der Waals surface area contributed by atoms with E-state index in [9.17, 15) is 4.79 Å². The van der Waals surface area contributed by atoms with Crippen LogP contribution in [0.15, 0.2) is 48.7 Å². The van der Waals surface area contributed by atoms with Crippen LogP contribution in [0.3, 0.4) is 0 Å². The van der Waals surface area contributed by atoms with Crippen LogP contribution in [0.1, 0.15) is 37.8 Å². The molecule has 1 aromatic heterocycles. The van der Waals surface area contributed by atoms with Gasteiger partial charge in [0.15, 0.2) is 0 Å². The summed E-state index contributed by atoms with van der Waals surface area (Å²) >= 11 is 0. The predicted octanol–water partition coefficient (Wildman–Crippen LogP) is 3.84. The smallest absolute Gasteiger partial charge is 0.317 e. The van der Waals surface area contributed by atoms with Crippen molar-refractivity contribution >= 4 is 11.8 Å². The van der Waals surface area contributed by atoms with E-state index in [-0.39, 0.29) is 12.1 Å². The molecule has 0 radical (unpaired) electrons. The Bertz CT molecular complexity index is 713. The molecule has 1 N–H and O–H groups in total. The fourth-order valence-electron chi connectivity index (χ4n) is 3.74. The van der Waals surface area contributed by atoms with Crippen LogP contribution < -0.4 is 10.2 Å². The van der Waals surface area contributed by atoms with Crippen molar-refractivity contribution in [2.75, 3.05) is 24.5 Å². The molecule has 144 valence electrons. The molecule has 27 heavy (non-hydrogen) atoms. The Morgan fingerprint density at radius 3 is 2.59 bits per heavy atom. The van der Waals surface area contributed by atoms with Crippen LogP contribution in [0.2, 0.25) is 0 Å². The van der Waals surface area contributed by atoms with Gasteiger partial charge in [0.1, 0.15) is 5.82 Å². The standard InChI is InChI=1S/C22H30N4O/c1-3-25(4-2)21-13-12-19(16-23-21)17-24-22(27)26-14-8-11-20(26)15-18-9-6-5-7-10-18/h5-7,9-10,12-13,16,20H,3-4,8,11,14-15,17H2,1-2H3,(H,24,27)/t20-/m1/s1. The lowest BCUT2D eigenvalue weighted by atomic mass is 10.0. The molecule has 0 aliphatic carbocycles. The summed E-state index contributed by atoms with van der Waals surface area (Å²) in [6.07, 6.45) is 4.93. The van der Waals surface area contributed by atoms with E-state index in [1.54, 1.807) is 0 Å². The average Bonchev–Trinajstić information content (AvgIpc) is 3.17. The molecule has 5 nitrogen and oxygen atoms in total. The molecule has 0 bridgehead atoms. The second kappa shape index (κ2) is 9.40. The number of anilines is 1. The Kier molecular flexibility index (Phi) is 6.69. The molecule has 0 saturated carbocycles. The van der Waals surface area contributed by atoms with Crippen LogP contribution in [-0.2, 0) is 13.0 Å². The fourth-order valence-corrected chi connectivity index (χ4v) is 3.74. The molecule has 1 aliphatic rings. The number of nitrogens with one attached hydrogen (secondary N) is 1. The van der Waals surface area contributed by atoms with Gasteiger partial charge in [-0.3, -0.25) is 0 Å². The first-order chi connectivity index (χ1) is 13.2. The van der Waals surface area contributed by atoms with E-state index < -0.39 is 0 Å². The Hall–Kier alpha value is -2.56. The molecular formula is C22H30N4O. The van der Waals surface area contributed by atoms with E-state index in [1.165, 1.54) is 5.56 Å². The van der Waals surface area contributed by atoms with Crippen molar-refractivity contribution in [3.8, 4) is 0 Å². The maximum absolute atomic E-state index is 12.7. The molecule has 0 unspecified atom stereocenters. The van der Waals surface area contributed by atoms with E-state index in [1.807, 2.05) is 29.3 Å². The van der Waals surface area contributed by atoms with E-state index in [4.69, 9.17) is 0 Å². The maximum Gasteiger partial charge on any atom is 0.317 e. The van der Waals surface area contributed by atoms with Gasteiger partial charge in [0.25, 0.3) is 0 Å². The Balaban J connectivity index is 1.53. The summed E-state index contributed by atoms with van der Waals surface area (Å²) in [6, 6.07) is 14.8. The van der Waals surface area contributed by atoms with E-state index >= 15 is 0 Å². The first kappa shape index (κ1) is 19.2. The third-order valence-corrected chi connectivity index (χ3v) is 5.29.